The van der Waals surface area contributed by atoms with E-state index in [9.17, 15) is 9.59 Å². The molecule has 0 aromatic carbocycles. The van der Waals surface area contributed by atoms with Crippen LogP contribution in [0.15, 0.2) is 0 Å². The van der Waals surface area contributed by atoms with Gasteiger partial charge < -0.3 is 21.1 Å². The summed E-state index contributed by atoms with van der Waals surface area (Å²) < 4.78 is 5.28. The summed E-state index contributed by atoms with van der Waals surface area (Å²) in [5.41, 5.74) is 5.69. The molecule has 2 unspecified atom stereocenters. The average molecular weight is 271 g/mol. The van der Waals surface area contributed by atoms with E-state index in [-0.39, 0.29) is 30.3 Å². The van der Waals surface area contributed by atoms with Crippen LogP contribution in [0.2, 0.25) is 0 Å². The molecule has 0 saturated carbocycles. The van der Waals surface area contributed by atoms with Crippen LogP contribution in [-0.2, 0) is 14.3 Å². The van der Waals surface area contributed by atoms with Crippen molar-refractivity contribution in [2.75, 3.05) is 19.8 Å². The lowest BCUT2D eigenvalue weighted by molar-refractivity contribution is -0.127. The van der Waals surface area contributed by atoms with Crippen molar-refractivity contribution < 1.29 is 14.3 Å². The monoisotopic (exact) mass is 271 g/mol. The third-order valence-electron chi connectivity index (χ3n) is 3.50. The first-order valence-electron chi connectivity index (χ1n) is 6.82. The Hall–Kier alpha value is -1.14. The van der Waals surface area contributed by atoms with Crippen LogP contribution in [0.3, 0.4) is 0 Å². The molecule has 0 spiro atoms. The molecule has 1 fully saturated rings. The second kappa shape index (κ2) is 7.45. The largest absolute Gasteiger partial charge is 0.381 e. The summed E-state index contributed by atoms with van der Waals surface area (Å²) in [5, 5.41) is 5.42. The first-order valence-corrected chi connectivity index (χ1v) is 6.82. The fraction of sp³-hybridized carbons (Fsp3) is 0.846. The molecule has 0 aromatic heterocycles. The standard InChI is InChI=1S/C13H25N3O3/c1-8(2)12(14)13(18)15-6-11(17)16-9(3)10-4-5-19-7-10/h8-10,12H,4-7,14H2,1-3H3,(H,15,18)(H,16,17)/t9?,10?,12-/m0/s1. The third-order valence-corrected chi connectivity index (χ3v) is 3.50. The molecule has 0 aliphatic carbocycles. The number of nitrogens with one attached hydrogen (secondary N) is 2. The number of nitrogens with two attached hydrogens (primary N) is 1. The molecule has 1 aliphatic heterocycles. The highest BCUT2D eigenvalue weighted by molar-refractivity contribution is 5.87. The van der Waals surface area contributed by atoms with Gasteiger partial charge in [-0.25, -0.2) is 0 Å². The van der Waals surface area contributed by atoms with E-state index in [2.05, 4.69) is 10.6 Å². The highest BCUT2D eigenvalue weighted by Crippen LogP contribution is 2.16. The van der Waals surface area contributed by atoms with Crippen molar-refractivity contribution in [3.05, 3.63) is 0 Å². The lowest BCUT2D eigenvalue weighted by atomic mass is 10.0. The number of ether oxygens (including phenoxy) is 1. The van der Waals surface area contributed by atoms with Crippen molar-refractivity contribution in [1.29, 1.82) is 0 Å². The van der Waals surface area contributed by atoms with E-state index in [0.29, 0.717) is 12.5 Å². The maximum Gasteiger partial charge on any atom is 0.239 e. The molecule has 4 N–H and O–H groups in total. The molecule has 0 aromatic rings. The summed E-state index contributed by atoms with van der Waals surface area (Å²) in [7, 11) is 0. The van der Waals surface area contributed by atoms with Crippen LogP contribution in [0, 0.1) is 11.8 Å². The lowest BCUT2D eigenvalue weighted by Crippen LogP contribution is -2.49. The predicted octanol–water partition coefficient (Wildman–Crippen LogP) is -0.373. The van der Waals surface area contributed by atoms with Crippen LogP contribution in [0.4, 0.5) is 0 Å². The van der Waals surface area contributed by atoms with Crippen LogP contribution in [0.5, 0.6) is 0 Å². The quantitative estimate of drug-likeness (QED) is 0.614. The Morgan fingerprint density at radius 2 is 2.05 bits per heavy atom. The zero-order valence-corrected chi connectivity index (χ0v) is 11.9. The Morgan fingerprint density at radius 3 is 2.58 bits per heavy atom. The van der Waals surface area contributed by atoms with Gasteiger partial charge in [0, 0.05) is 18.6 Å². The minimum Gasteiger partial charge on any atom is -0.381 e. The molecule has 0 radical (unpaired) electrons. The summed E-state index contributed by atoms with van der Waals surface area (Å²) in [6.45, 7) is 7.10. The van der Waals surface area contributed by atoms with Crippen molar-refractivity contribution in [2.24, 2.45) is 17.6 Å². The van der Waals surface area contributed by atoms with Crippen molar-refractivity contribution in [3.8, 4) is 0 Å². The van der Waals surface area contributed by atoms with E-state index < -0.39 is 6.04 Å². The third kappa shape index (κ3) is 5.16. The van der Waals surface area contributed by atoms with Gasteiger partial charge in [0.2, 0.25) is 11.8 Å². The van der Waals surface area contributed by atoms with Gasteiger partial charge in [0.1, 0.15) is 0 Å². The smallest absolute Gasteiger partial charge is 0.239 e. The number of rotatable bonds is 6. The summed E-state index contributed by atoms with van der Waals surface area (Å²) in [4.78, 5) is 23.3. The SMILES string of the molecule is CC(NC(=O)CNC(=O)[C@@H](N)C(C)C)C1CCOC1. The summed E-state index contributed by atoms with van der Waals surface area (Å²) in [6, 6.07) is -0.515. The summed E-state index contributed by atoms with van der Waals surface area (Å²) >= 11 is 0. The normalized spacial score (nSPS) is 22.1. The van der Waals surface area contributed by atoms with E-state index in [1.54, 1.807) is 0 Å². The van der Waals surface area contributed by atoms with Crippen molar-refractivity contribution in [2.45, 2.75) is 39.3 Å². The van der Waals surface area contributed by atoms with Crippen LogP contribution in [-0.4, -0.2) is 43.7 Å². The molecule has 6 heteroatoms. The van der Waals surface area contributed by atoms with Gasteiger partial charge in [-0.15, -0.1) is 0 Å². The molecule has 19 heavy (non-hydrogen) atoms. The Bertz CT molecular complexity index is 314. The zero-order valence-electron chi connectivity index (χ0n) is 11.9. The number of hydrogen-bond acceptors (Lipinski definition) is 4. The van der Waals surface area contributed by atoms with Crippen molar-refractivity contribution in [1.82, 2.24) is 10.6 Å². The minimum atomic E-state index is -0.576. The van der Waals surface area contributed by atoms with Crippen molar-refractivity contribution >= 4 is 11.8 Å². The van der Waals surface area contributed by atoms with E-state index in [1.807, 2.05) is 20.8 Å². The first-order chi connectivity index (χ1) is 8.91. The van der Waals surface area contributed by atoms with Gasteiger partial charge in [-0.1, -0.05) is 13.8 Å². The molecule has 3 atom stereocenters. The average Bonchev–Trinajstić information content (AvgIpc) is 2.88. The molecule has 110 valence electrons. The molecule has 2 amide bonds. The number of amides is 2. The molecule has 1 heterocycles. The lowest BCUT2D eigenvalue weighted by Gasteiger charge is -2.20. The van der Waals surface area contributed by atoms with E-state index in [1.165, 1.54) is 0 Å². The second-order valence-electron chi connectivity index (χ2n) is 5.47. The number of carbonyl (C=O) groups excluding carboxylic acids is 2. The first kappa shape index (κ1) is 15.9. The van der Waals surface area contributed by atoms with Gasteiger partial charge in [0.25, 0.3) is 0 Å². The minimum absolute atomic E-state index is 0.0306. The van der Waals surface area contributed by atoms with Gasteiger partial charge in [0.05, 0.1) is 19.2 Å². The second-order valence-corrected chi connectivity index (χ2v) is 5.47. The molecule has 0 bridgehead atoms. The van der Waals surface area contributed by atoms with Crippen LogP contribution in [0.25, 0.3) is 0 Å². The van der Waals surface area contributed by atoms with Gasteiger partial charge in [-0.05, 0) is 19.3 Å². The fourth-order valence-corrected chi connectivity index (χ4v) is 1.96. The Kier molecular flexibility index (Phi) is 6.24. The Balaban J connectivity index is 2.25. The van der Waals surface area contributed by atoms with Gasteiger partial charge in [-0.2, -0.15) is 0 Å². The Morgan fingerprint density at radius 1 is 1.37 bits per heavy atom. The molecule has 1 aliphatic rings. The maximum atomic E-state index is 11.7. The predicted molar refractivity (Wildman–Crippen MR) is 72.4 cm³/mol. The van der Waals surface area contributed by atoms with Crippen LogP contribution < -0.4 is 16.4 Å². The van der Waals surface area contributed by atoms with E-state index in [4.69, 9.17) is 10.5 Å². The van der Waals surface area contributed by atoms with Gasteiger partial charge in [-0.3, -0.25) is 9.59 Å². The van der Waals surface area contributed by atoms with Crippen LogP contribution >= 0.6 is 0 Å². The summed E-state index contributed by atoms with van der Waals surface area (Å²) in [6.07, 6.45) is 0.964. The topological polar surface area (TPSA) is 93.5 Å². The molecular weight excluding hydrogens is 246 g/mol. The summed E-state index contributed by atoms with van der Waals surface area (Å²) in [5.74, 6) is -0.0686. The molecular formula is C13H25N3O3. The highest BCUT2D eigenvalue weighted by atomic mass is 16.5. The number of carbonyl (C=O) groups is 2. The highest BCUT2D eigenvalue weighted by Gasteiger charge is 2.24. The molecule has 6 nitrogen and oxygen atoms in total. The van der Waals surface area contributed by atoms with Crippen LogP contribution in [0.1, 0.15) is 27.2 Å². The fourth-order valence-electron chi connectivity index (χ4n) is 1.96. The van der Waals surface area contributed by atoms with E-state index >= 15 is 0 Å². The van der Waals surface area contributed by atoms with Crippen molar-refractivity contribution in [3.63, 3.8) is 0 Å². The van der Waals surface area contributed by atoms with Gasteiger partial charge >= 0.3 is 0 Å². The van der Waals surface area contributed by atoms with Gasteiger partial charge in [0.15, 0.2) is 0 Å². The number of hydrogen-bond donors (Lipinski definition) is 3. The van der Waals surface area contributed by atoms with E-state index in [0.717, 1.165) is 13.0 Å². The molecule has 1 rings (SSSR count). The zero-order chi connectivity index (χ0) is 14.4. The maximum absolute atomic E-state index is 11.7. The Labute approximate surface area is 114 Å². The molecule has 1 saturated heterocycles.